The summed E-state index contributed by atoms with van der Waals surface area (Å²) in [7, 11) is 0. The average molecular weight is 1080 g/mol. The number of hydrogen-bond donors (Lipinski definition) is 0. The van der Waals surface area contributed by atoms with Gasteiger partial charge in [0.05, 0.1) is 0 Å². The van der Waals surface area contributed by atoms with Gasteiger partial charge in [-0.15, -0.1) is 0 Å². The Kier molecular flexibility index (Phi) is 63.2. The summed E-state index contributed by atoms with van der Waals surface area (Å²) in [6.07, 6.45) is 83.9. The van der Waals surface area contributed by atoms with Crippen molar-refractivity contribution in [3.05, 3.63) is 60.8 Å². The molecule has 0 fully saturated rings. The van der Waals surface area contributed by atoms with E-state index in [9.17, 15) is 14.4 Å². The molecule has 0 aromatic carbocycles. The van der Waals surface area contributed by atoms with Gasteiger partial charge in [0.25, 0.3) is 0 Å². The minimum atomic E-state index is -0.773. The average Bonchev–Trinajstić information content (AvgIpc) is 3.43. The van der Waals surface area contributed by atoms with Crippen molar-refractivity contribution >= 4 is 17.9 Å². The molecule has 0 heterocycles. The van der Waals surface area contributed by atoms with Gasteiger partial charge in [-0.05, 0) is 83.5 Å². The van der Waals surface area contributed by atoms with Crippen LogP contribution in [0.25, 0.3) is 0 Å². The fourth-order valence-electron chi connectivity index (χ4n) is 9.96. The smallest absolute Gasteiger partial charge is 0.306 e. The molecule has 0 radical (unpaired) electrons. The Hall–Kier alpha value is -2.89. The van der Waals surface area contributed by atoms with Crippen LogP contribution in [0.15, 0.2) is 60.8 Å². The van der Waals surface area contributed by atoms with Gasteiger partial charge in [-0.2, -0.15) is 0 Å². The Morgan fingerprint density at radius 3 is 0.831 bits per heavy atom. The third kappa shape index (κ3) is 63.8. The van der Waals surface area contributed by atoms with E-state index in [0.717, 1.165) is 89.9 Å². The highest BCUT2D eigenvalue weighted by Gasteiger charge is 2.19. The zero-order valence-corrected chi connectivity index (χ0v) is 51.5. The van der Waals surface area contributed by atoms with Crippen LogP contribution in [-0.2, 0) is 28.6 Å². The van der Waals surface area contributed by atoms with Crippen molar-refractivity contribution in [1.29, 1.82) is 0 Å². The zero-order chi connectivity index (χ0) is 55.7. The molecule has 0 aliphatic rings. The summed E-state index contributed by atoms with van der Waals surface area (Å²) in [5.74, 6) is -0.858. The maximum Gasteiger partial charge on any atom is 0.306 e. The lowest BCUT2D eigenvalue weighted by Crippen LogP contribution is -2.30. The molecular formula is C71H128O6. The van der Waals surface area contributed by atoms with Crippen molar-refractivity contribution in [3.8, 4) is 0 Å². The van der Waals surface area contributed by atoms with Gasteiger partial charge in [-0.3, -0.25) is 14.4 Å². The van der Waals surface area contributed by atoms with Crippen LogP contribution in [0.5, 0.6) is 0 Å². The Balaban J connectivity index is 4.13. The molecule has 0 rings (SSSR count). The monoisotopic (exact) mass is 1080 g/mol. The van der Waals surface area contributed by atoms with Gasteiger partial charge in [0.15, 0.2) is 6.10 Å². The molecule has 0 spiro atoms. The molecule has 0 aliphatic heterocycles. The molecular weight excluding hydrogens is 949 g/mol. The number of esters is 3. The van der Waals surface area contributed by atoms with Gasteiger partial charge in [-0.25, -0.2) is 0 Å². The van der Waals surface area contributed by atoms with Gasteiger partial charge in [0, 0.05) is 19.3 Å². The van der Waals surface area contributed by atoms with E-state index in [2.05, 4.69) is 81.5 Å². The van der Waals surface area contributed by atoms with Crippen molar-refractivity contribution in [3.63, 3.8) is 0 Å². The van der Waals surface area contributed by atoms with E-state index in [0.29, 0.717) is 19.3 Å². The molecule has 6 nitrogen and oxygen atoms in total. The molecule has 0 saturated carbocycles. The molecule has 6 heteroatoms. The molecule has 0 aromatic rings. The van der Waals surface area contributed by atoms with Crippen LogP contribution >= 0.6 is 0 Å². The first kappa shape index (κ1) is 74.1. The number of carbonyl (C=O) groups is 3. The van der Waals surface area contributed by atoms with E-state index in [4.69, 9.17) is 14.2 Å². The third-order valence-electron chi connectivity index (χ3n) is 15.0. The molecule has 77 heavy (non-hydrogen) atoms. The van der Waals surface area contributed by atoms with Crippen molar-refractivity contribution in [2.45, 2.75) is 361 Å². The number of hydrogen-bond acceptors (Lipinski definition) is 6. The molecule has 0 aromatic heterocycles. The highest BCUT2D eigenvalue weighted by molar-refractivity contribution is 5.71. The molecule has 1 unspecified atom stereocenters. The summed E-state index contributed by atoms with van der Waals surface area (Å²) < 4.78 is 16.9. The fraction of sp³-hybridized carbons (Fsp3) is 0.817. The standard InChI is InChI=1S/C71H128O6/c1-4-7-10-13-16-19-22-25-27-29-30-31-32-33-34-35-36-37-38-39-40-41-42-43-45-46-49-52-55-58-61-64-70(73)76-67-68(66-75-69(72)63-60-57-54-51-48-24-21-18-15-12-9-6-3)77-71(74)65-62-59-56-53-50-47-44-28-26-23-20-17-14-11-8-5-2/h7,10,16,18-19,21,25,27,30-31,68H,4-6,8-9,11-15,17,20,22-24,26,28-29,32-67H2,1-3H3/b10-7-,19-16-,21-18-,27-25-,31-30-. The summed E-state index contributed by atoms with van der Waals surface area (Å²) in [4.78, 5) is 38.3. The SMILES string of the molecule is CC/C=C\C/C=C\C/C=C\C/C=C\CCCCCCCCCCCCCCCCCCCCC(=O)OCC(COC(=O)CCCCCCC/C=C\CCCCC)OC(=O)CCCCCCCCCCCCCCCCCC. The Bertz CT molecular complexity index is 1380. The van der Waals surface area contributed by atoms with E-state index in [1.807, 2.05) is 0 Å². The Morgan fingerprint density at radius 1 is 0.273 bits per heavy atom. The van der Waals surface area contributed by atoms with E-state index < -0.39 is 6.10 Å². The van der Waals surface area contributed by atoms with Gasteiger partial charge in [0.2, 0.25) is 0 Å². The number of carbonyl (C=O) groups excluding carboxylic acids is 3. The van der Waals surface area contributed by atoms with E-state index in [1.54, 1.807) is 0 Å². The summed E-state index contributed by atoms with van der Waals surface area (Å²) >= 11 is 0. The highest BCUT2D eigenvalue weighted by Crippen LogP contribution is 2.18. The van der Waals surface area contributed by atoms with Crippen LogP contribution in [0.3, 0.4) is 0 Å². The topological polar surface area (TPSA) is 78.9 Å². The molecule has 0 aliphatic carbocycles. The predicted molar refractivity (Wildman–Crippen MR) is 335 cm³/mol. The van der Waals surface area contributed by atoms with Crippen LogP contribution in [0, 0.1) is 0 Å². The van der Waals surface area contributed by atoms with Crippen LogP contribution in [-0.4, -0.2) is 37.2 Å². The Morgan fingerprint density at radius 2 is 0.506 bits per heavy atom. The van der Waals surface area contributed by atoms with Crippen molar-refractivity contribution in [2.24, 2.45) is 0 Å². The first-order chi connectivity index (χ1) is 38.0. The van der Waals surface area contributed by atoms with Crippen molar-refractivity contribution in [2.75, 3.05) is 13.2 Å². The lowest BCUT2D eigenvalue weighted by Gasteiger charge is -2.18. The fourth-order valence-corrected chi connectivity index (χ4v) is 9.96. The van der Waals surface area contributed by atoms with Crippen LogP contribution in [0.1, 0.15) is 355 Å². The third-order valence-corrected chi connectivity index (χ3v) is 15.0. The van der Waals surface area contributed by atoms with Gasteiger partial charge >= 0.3 is 17.9 Å². The maximum absolute atomic E-state index is 12.9. The second kappa shape index (κ2) is 65.6. The summed E-state index contributed by atoms with van der Waals surface area (Å²) in [6, 6.07) is 0. The quantitative estimate of drug-likeness (QED) is 0.0261. The summed E-state index contributed by atoms with van der Waals surface area (Å²) in [5.41, 5.74) is 0. The normalized spacial score (nSPS) is 12.4. The molecule has 1 atom stereocenters. The number of unbranched alkanes of at least 4 members (excludes halogenated alkanes) is 41. The van der Waals surface area contributed by atoms with E-state index >= 15 is 0 Å². The van der Waals surface area contributed by atoms with Crippen LogP contribution in [0.2, 0.25) is 0 Å². The minimum Gasteiger partial charge on any atom is -0.462 e. The summed E-state index contributed by atoms with van der Waals surface area (Å²) in [5, 5.41) is 0. The molecule has 0 N–H and O–H groups in total. The second-order valence-electron chi connectivity index (χ2n) is 22.7. The van der Waals surface area contributed by atoms with Crippen molar-refractivity contribution < 1.29 is 28.6 Å². The number of rotatable bonds is 62. The predicted octanol–water partition coefficient (Wildman–Crippen LogP) is 23.1. The lowest BCUT2D eigenvalue weighted by molar-refractivity contribution is -0.167. The van der Waals surface area contributed by atoms with Gasteiger partial charge < -0.3 is 14.2 Å². The Labute approximate surface area is 479 Å². The number of allylic oxidation sites excluding steroid dienone is 10. The second-order valence-corrected chi connectivity index (χ2v) is 22.7. The zero-order valence-electron chi connectivity index (χ0n) is 51.5. The van der Waals surface area contributed by atoms with Crippen LogP contribution < -0.4 is 0 Å². The van der Waals surface area contributed by atoms with Crippen molar-refractivity contribution in [1.82, 2.24) is 0 Å². The van der Waals surface area contributed by atoms with Gasteiger partial charge in [0.1, 0.15) is 13.2 Å². The first-order valence-corrected chi connectivity index (χ1v) is 33.8. The van der Waals surface area contributed by atoms with Crippen LogP contribution in [0.4, 0.5) is 0 Å². The minimum absolute atomic E-state index is 0.0710. The molecule has 0 bridgehead atoms. The van der Waals surface area contributed by atoms with E-state index in [1.165, 1.54) is 225 Å². The maximum atomic E-state index is 12.9. The lowest BCUT2D eigenvalue weighted by atomic mass is 10.0. The largest absolute Gasteiger partial charge is 0.462 e. The van der Waals surface area contributed by atoms with Gasteiger partial charge in [-0.1, -0.05) is 313 Å². The summed E-state index contributed by atoms with van der Waals surface area (Å²) in [6.45, 7) is 6.55. The molecule has 0 saturated heterocycles. The molecule has 448 valence electrons. The van der Waals surface area contributed by atoms with E-state index in [-0.39, 0.29) is 31.1 Å². The highest BCUT2D eigenvalue weighted by atomic mass is 16.6. The first-order valence-electron chi connectivity index (χ1n) is 33.8. The molecule has 0 amide bonds. The number of ether oxygens (including phenoxy) is 3.